The summed E-state index contributed by atoms with van der Waals surface area (Å²) in [6.45, 7) is 1.81. The zero-order chi connectivity index (χ0) is 14.0. The van der Waals surface area contributed by atoms with Crippen LogP contribution in [0.25, 0.3) is 0 Å². The van der Waals surface area contributed by atoms with Crippen molar-refractivity contribution in [1.29, 1.82) is 0 Å². The highest BCUT2D eigenvalue weighted by Gasteiger charge is 2.12. The van der Waals surface area contributed by atoms with Crippen LogP contribution in [-0.2, 0) is 0 Å². The number of ether oxygens (including phenoxy) is 1. The third-order valence-electron chi connectivity index (χ3n) is 2.64. The first-order valence-electron chi connectivity index (χ1n) is 5.61. The van der Waals surface area contributed by atoms with E-state index in [0.29, 0.717) is 0 Å². The van der Waals surface area contributed by atoms with Crippen LogP contribution >= 0.6 is 0 Å². The third-order valence-corrected chi connectivity index (χ3v) is 2.64. The molecule has 0 aliphatic heterocycles. The van der Waals surface area contributed by atoms with Crippen LogP contribution in [0.3, 0.4) is 0 Å². The Kier molecular flexibility index (Phi) is 3.37. The van der Waals surface area contributed by atoms with Crippen LogP contribution in [-0.4, -0.2) is 5.91 Å². The minimum atomic E-state index is -0.660. The minimum absolute atomic E-state index is 0.0494. The lowest BCUT2D eigenvalue weighted by atomic mass is 10.1. The first-order valence-corrected chi connectivity index (χ1v) is 5.61. The Hall–Kier alpha value is -2.56. The summed E-state index contributed by atoms with van der Waals surface area (Å²) < 4.78 is 19.0. The van der Waals surface area contributed by atoms with E-state index in [1.54, 1.807) is 24.3 Å². The van der Waals surface area contributed by atoms with E-state index in [1.807, 2.05) is 6.92 Å². The molecule has 1 amide bonds. The molecule has 0 spiro atoms. The van der Waals surface area contributed by atoms with Gasteiger partial charge in [-0.05, 0) is 36.8 Å². The number of benzene rings is 2. The Morgan fingerprint density at radius 2 is 1.95 bits per heavy atom. The average molecular weight is 260 g/mol. The van der Waals surface area contributed by atoms with Gasteiger partial charge in [0.15, 0.2) is 17.3 Å². The van der Waals surface area contributed by atoms with E-state index >= 15 is 0 Å². The Bertz CT molecular complexity index is 641. The molecule has 0 radical (unpaired) electrons. The van der Waals surface area contributed by atoms with E-state index < -0.39 is 11.7 Å². The average Bonchev–Trinajstić information content (AvgIpc) is 2.36. The van der Waals surface area contributed by atoms with Gasteiger partial charge in [-0.15, -0.1) is 0 Å². The fraction of sp³-hybridized carbons (Fsp3) is 0.0714. The normalized spacial score (nSPS) is 10.2. The maximum atomic E-state index is 13.6. The molecular formula is C14H13FN2O2. The molecule has 0 bridgehead atoms. The van der Waals surface area contributed by atoms with Crippen molar-refractivity contribution in [1.82, 2.24) is 0 Å². The van der Waals surface area contributed by atoms with Crippen LogP contribution in [0.2, 0.25) is 0 Å². The third kappa shape index (κ3) is 2.65. The van der Waals surface area contributed by atoms with Gasteiger partial charge in [0, 0.05) is 0 Å². The summed E-state index contributed by atoms with van der Waals surface area (Å²) in [5.74, 6) is -0.920. The second-order valence-electron chi connectivity index (χ2n) is 4.12. The number of primary amides is 1. The smallest absolute Gasteiger partial charge is 0.250 e. The van der Waals surface area contributed by atoms with Crippen LogP contribution in [0, 0.1) is 12.7 Å². The number of nitrogens with two attached hydrogens (primary N) is 2. The van der Waals surface area contributed by atoms with Crippen molar-refractivity contribution in [3.05, 3.63) is 53.3 Å². The molecule has 2 rings (SSSR count). The zero-order valence-corrected chi connectivity index (χ0v) is 10.3. The van der Waals surface area contributed by atoms with Gasteiger partial charge in [0.1, 0.15) is 0 Å². The van der Waals surface area contributed by atoms with Crippen molar-refractivity contribution in [2.24, 2.45) is 5.73 Å². The van der Waals surface area contributed by atoms with E-state index in [-0.39, 0.29) is 22.7 Å². The van der Waals surface area contributed by atoms with Gasteiger partial charge < -0.3 is 16.2 Å². The lowest BCUT2D eigenvalue weighted by molar-refractivity contribution is 0.100. The number of aryl methyl sites for hydroxylation is 1. The number of nitrogen functional groups attached to an aromatic ring is 1. The molecule has 2 aromatic carbocycles. The van der Waals surface area contributed by atoms with Gasteiger partial charge in [-0.1, -0.05) is 12.1 Å². The van der Waals surface area contributed by atoms with Crippen molar-refractivity contribution < 1.29 is 13.9 Å². The zero-order valence-electron chi connectivity index (χ0n) is 10.3. The first kappa shape index (κ1) is 12.9. The van der Waals surface area contributed by atoms with Gasteiger partial charge >= 0.3 is 0 Å². The van der Waals surface area contributed by atoms with Crippen LogP contribution in [0.1, 0.15) is 15.9 Å². The van der Waals surface area contributed by atoms with E-state index in [2.05, 4.69) is 0 Å². The molecule has 98 valence electrons. The summed E-state index contributed by atoms with van der Waals surface area (Å²) >= 11 is 0. The molecule has 4 nitrogen and oxygen atoms in total. The summed E-state index contributed by atoms with van der Waals surface area (Å²) in [7, 11) is 0. The first-order chi connectivity index (χ1) is 8.99. The van der Waals surface area contributed by atoms with Gasteiger partial charge in [-0.25, -0.2) is 4.39 Å². The number of hydrogen-bond donors (Lipinski definition) is 2. The second-order valence-corrected chi connectivity index (χ2v) is 4.12. The van der Waals surface area contributed by atoms with Gasteiger partial charge in [0.2, 0.25) is 0 Å². The Labute approximate surface area is 109 Å². The van der Waals surface area contributed by atoms with E-state index in [4.69, 9.17) is 16.2 Å². The number of halogens is 1. The van der Waals surface area contributed by atoms with Gasteiger partial charge in [-0.2, -0.15) is 0 Å². The largest absolute Gasteiger partial charge is 0.452 e. The van der Waals surface area contributed by atoms with Crippen LogP contribution in [0.5, 0.6) is 11.5 Å². The maximum Gasteiger partial charge on any atom is 0.250 e. The lowest BCUT2D eigenvalue weighted by Crippen LogP contribution is -2.13. The summed E-state index contributed by atoms with van der Waals surface area (Å²) in [4.78, 5) is 11.2. The molecule has 0 aliphatic rings. The topological polar surface area (TPSA) is 78.3 Å². The minimum Gasteiger partial charge on any atom is -0.452 e. The van der Waals surface area contributed by atoms with E-state index in [1.165, 1.54) is 12.1 Å². The Morgan fingerprint density at radius 3 is 2.63 bits per heavy atom. The molecule has 0 fully saturated rings. The van der Waals surface area contributed by atoms with Crippen molar-refractivity contribution in [2.75, 3.05) is 5.73 Å². The molecule has 0 heterocycles. The highest BCUT2D eigenvalue weighted by molar-refractivity contribution is 5.99. The number of rotatable bonds is 3. The van der Waals surface area contributed by atoms with E-state index in [0.717, 1.165) is 5.56 Å². The summed E-state index contributed by atoms with van der Waals surface area (Å²) in [5.41, 5.74) is 12.0. The highest BCUT2D eigenvalue weighted by atomic mass is 19.1. The lowest BCUT2D eigenvalue weighted by Gasteiger charge is -2.11. The van der Waals surface area contributed by atoms with Crippen LogP contribution in [0.15, 0.2) is 36.4 Å². The van der Waals surface area contributed by atoms with Crippen LogP contribution < -0.4 is 16.2 Å². The fourth-order valence-corrected chi connectivity index (χ4v) is 1.66. The maximum absolute atomic E-state index is 13.6. The highest BCUT2D eigenvalue weighted by Crippen LogP contribution is 2.31. The van der Waals surface area contributed by atoms with Crippen molar-refractivity contribution in [3.8, 4) is 11.5 Å². The molecule has 0 atom stereocenters. The van der Waals surface area contributed by atoms with Gasteiger partial charge in [0.25, 0.3) is 5.91 Å². The van der Waals surface area contributed by atoms with Crippen molar-refractivity contribution >= 4 is 11.6 Å². The number of anilines is 1. The van der Waals surface area contributed by atoms with Crippen molar-refractivity contribution in [3.63, 3.8) is 0 Å². The molecule has 19 heavy (non-hydrogen) atoms. The number of para-hydroxylation sites is 1. The molecule has 0 saturated carbocycles. The number of carbonyl (C=O) groups excluding carboxylic acids is 1. The summed E-state index contributed by atoms with van der Waals surface area (Å²) in [6, 6.07) is 9.08. The number of carbonyl (C=O) groups is 1. The number of amides is 1. The molecule has 5 heteroatoms. The fourth-order valence-electron chi connectivity index (χ4n) is 1.66. The standard InChI is InChI=1S/C14H13FN2O2/c1-8-5-6-10(15)12(7-8)19-11-4-2-3-9(13(11)16)14(17)18/h2-7H,16H2,1H3,(H2,17,18). The molecule has 4 N–H and O–H groups in total. The molecule has 0 aromatic heterocycles. The molecule has 0 aliphatic carbocycles. The number of hydrogen-bond acceptors (Lipinski definition) is 3. The van der Waals surface area contributed by atoms with Crippen LogP contribution in [0.4, 0.5) is 10.1 Å². The summed E-state index contributed by atoms with van der Waals surface area (Å²) in [5, 5.41) is 0. The Morgan fingerprint density at radius 1 is 1.21 bits per heavy atom. The Balaban J connectivity index is 2.41. The van der Waals surface area contributed by atoms with Gasteiger partial charge in [-0.3, -0.25) is 4.79 Å². The van der Waals surface area contributed by atoms with Crippen molar-refractivity contribution in [2.45, 2.75) is 6.92 Å². The molecule has 0 saturated heterocycles. The molecule has 2 aromatic rings. The summed E-state index contributed by atoms with van der Waals surface area (Å²) in [6.07, 6.45) is 0. The quantitative estimate of drug-likeness (QED) is 0.832. The SMILES string of the molecule is Cc1ccc(F)c(Oc2cccc(C(N)=O)c2N)c1. The monoisotopic (exact) mass is 260 g/mol. The van der Waals surface area contributed by atoms with Gasteiger partial charge in [0.05, 0.1) is 11.3 Å². The molecule has 0 unspecified atom stereocenters. The predicted molar refractivity (Wildman–Crippen MR) is 70.6 cm³/mol. The molecular weight excluding hydrogens is 247 g/mol. The second kappa shape index (κ2) is 4.97. The predicted octanol–water partition coefficient (Wildman–Crippen LogP) is 2.61. The van der Waals surface area contributed by atoms with E-state index in [9.17, 15) is 9.18 Å².